The number of anilines is 1. The van der Waals surface area contributed by atoms with Crippen LogP contribution in [0.5, 0.6) is 0 Å². The quantitative estimate of drug-likeness (QED) is 0.306. The molecule has 0 bridgehead atoms. The molecule has 0 aliphatic carbocycles. The van der Waals surface area contributed by atoms with Gasteiger partial charge in [-0.25, -0.2) is 4.98 Å². The lowest BCUT2D eigenvalue weighted by atomic mass is 10.2. The van der Waals surface area contributed by atoms with Crippen molar-refractivity contribution < 1.29 is 4.79 Å². The average molecular weight is 508 g/mol. The van der Waals surface area contributed by atoms with Crippen molar-refractivity contribution in [3.63, 3.8) is 0 Å². The summed E-state index contributed by atoms with van der Waals surface area (Å²) in [5.41, 5.74) is 1.96. The molecule has 0 aliphatic heterocycles. The number of nitrogens with zero attached hydrogens (tertiary/aromatic N) is 2. The summed E-state index contributed by atoms with van der Waals surface area (Å²) in [5, 5.41) is 0.705. The van der Waals surface area contributed by atoms with Gasteiger partial charge in [0.2, 0.25) is 0 Å². The Hall–Kier alpha value is -1.54. The number of hydrogen-bond donors (Lipinski definition) is 0. The molecule has 130 valence electrons. The summed E-state index contributed by atoms with van der Waals surface area (Å²) in [4.78, 5) is 20.3. The molecule has 2 aromatic carbocycles. The number of thiazole rings is 1. The third-order valence-corrected chi connectivity index (χ3v) is 6.93. The van der Waals surface area contributed by atoms with E-state index >= 15 is 0 Å². The third-order valence-electron chi connectivity index (χ3n) is 3.78. The van der Waals surface area contributed by atoms with E-state index in [-0.39, 0.29) is 5.91 Å². The van der Waals surface area contributed by atoms with Gasteiger partial charge in [-0.2, -0.15) is 0 Å². The van der Waals surface area contributed by atoms with Crippen LogP contribution in [0.15, 0.2) is 68.9 Å². The Morgan fingerprint density at radius 1 is 1.00 bits per heavy atom. The number of hydrogen-bond acceptors (Lipinski definition) is 4. The number of carbonyl (C=O) groups is 1. The van der Waals surface area contributed by atoms with Crippen molar-refractivity contribution in [3.8, 4) is 0 Å². The van der Waals surface area contributed by atoms with Crippen LogP contribution in [-0.2, 0) is 6.54 Å². The minimum atomic E-state index is -0.0392. The summed E-state index contributed by atoms with van der Waals surface area (Å²) in [5.74, 6) is -0.0392. The third kappa shape index (κ3) is 3.76. The van der Waals surface area contributed by atoms with E-state index < -0.39 is 0 Å². The Balaban J connectivity index is 1.76. The van der Waals surface area contributed by atoms with E-state index in [1.807, 2.05) is 60.7 Å². The van der Waals surface area contributed by atoms with Crippen molar-refractivity contribution in [2.75, 3.05) is 4.90 Å². The first kappa shape index (κ1) is 17.9. The highest BCUT2D eigenvalue weighted by Crippen LogP contribution is 2.33. The molecule has 1 amide bonds. The van der Waals surface area contributed by atoms with E-state index in [4.69, 9.17) is 4.98 Å². The van der Waals surface area contributed by atoms with Gasteiger partial charge >= 0.3 is 0 Å². The van der Waals surface area contributed by atoms with Crippen molar-refractivity contribution in [2.45, 2.75) is 6.54 Å². The first-order valence-corrected chi connectivity index (χ1v) is 11.0. The molecule has 0 atom stereocenters. The molecule has 0 saturated carbocycles. The van der Waals surface area contributed by atoms with Crippen molar-refractivity contribution in [2.24, 2.45) is 0 Å². The summed E-state index contributed by atoms with van der Waals surface area (Å²) in [6, 6.07) is 19.7. The first-order valence-electron chi connectivity index (χ1n) is 7.77. The van der Waals surface area contributed by atoms with Crippen LogP contribution in [0.25, 0.3) is 10.2 Å². The van der Waals surface area contributed by atoms with E-state index in [0.29, 0.717) is 16.6 Å². The minimum absolute atomic E-state index is 0.0392. The second-order valence-electron chi connectivity index (χ2n) is 5.59. The topological polar surface area (TPSA) is 33.2 Å². The molecule has 4 rings (SSSR count). The molecule has 0 aliphatic rings. The van der Waals surface area contributed by atoms with Gasteiger partial charge in [0.05, 0.1) is 25.4 Å². The molecule has 0 spiro atoms. The summed E-state index contributed by atoms with van der Waals surface area (Å²) < 4.78 is 2.99. The number of thiophene rings is 1. The number of amides is 1. The van der Waals surface area contributed by atoms with Gasteiger partial charge in [0.25, 0.3) is 5.91 Å². The van der Waals surface area contributed by atoms with Gasteiger partial charge in [-0.1, -0.05) is 57.6 Å². The van der Waals surface area contributed by atoms with Crippen LogP contribution in [0.3, 0.4) is 0 Å². The van der Waals surface area contributed by atoms with Gasteiger partial charge in [-0.15, -0.1) is 11.3 Å². The molecule has 3 nitrogen and oxygen atoms in total. The SMILES string of the molecule is O=C(c1ccc(Br)s1)N(Cc1ccccc1)c1nc2ccc(Br)cc2s1. The van der Waals surface area contributed by atoms with Gasteiger partial charge in [0.15, 0.2) is 5.13 Å². The lowest BCUT2D eigenvalue weighted by Gasteiger charge is -2.19. The fourth-order valence-corrected chi connectivity index (χ4v) is 5.41. The summed E-state index contributed by atoms with van der Waals surface area (Å²) >= 11 is 9.89. The maximum atomic E-state index is 13.2. The zero-order valence-corrected chi connectivity index (χ0v) is 18.2. The largest absolute Gasteiger partial charge is 0.279 e. The molecule has 0 saturated heterocycles. The maximum Gasteiger partial charge on any atom is 0.270 e. The number of halogens is 2. The van der Waals surface area contributed by atoms with Gasteiger partial charge in [-0.3, -0.25) is 9.69 Å². The second-order valence-corrected chi connectivity index (χ2v) is 9.98. The second kappa shape index (κ2) is 7.60. The maximum absolute atomic E-state index is 13.2. The number of benzene rings is 2. The molecular formula is C19H12Br2N2OS2. The van der Waals surface area contributed by atoms with Crippen LogP contribution < -0.4 is 4.90 Å². The number of rotatable bonds is 4. The standard InChI is InChI=1S/C19H12Br2N2OS2/c20-13-6-7-14-16(10-13)26-19(22-14)23(11-12-4-2-1-3-5-12)18(24)15-8-9-17(21)25-15/h1-10H,11H2. The molecule has 4 aromatic rings. The van der Waals surface area contributed by atoms with E-state index in [2.05, 4.69) is 31.9 Å². The van der Waals surface area contributed by atoms with Crippen LogP contribution >= 0.6 is 54.5 Å². The normalized spacial score (nSPS) is 11.0. The molecule has 0 unspecified atom stereocenters. The number of fused-ring (bicyclic) bond motifs is 1. The van der Waals surface area contributed by atoms with Crippen LogP contribution in [0, 0.1) is 0 Å². The van der Waals surface area contributed by atoms with Crippen LogP contribution in [0.1, 0.15) is 15.2 Å². The Labute approximate surface area is 175 Å². The zero-order valence-electron chi connectivity index (χ0n) is 13.4. The summed E-state index contributed by atoms with van der Waals surface area (Å²) in [6.45, 7) is 0.482. The summed E-state index contributed by atoms with van der Waals surface area (Å²) in [7, 11) is 0. The van der Waals surface area contributed by atoms with Crippen LogP contribution in [-0.4, -0.2) is 10.9 Å². The molecular weight excluding hydrogens is 496 g/mol. The van der Waals surface area contributed by atoms with Crippen LogP contribution in [0.4, 0.5) is 5.13 Å². The Morgan fingerprint density at radius 2 is 1.81 bits per heavy atom. The predicted molar refractivity (Wildman–Crippen MR) is 116 cm³/mol. The van der Waals surface area contributed by atoms with Gasteiger partial charge in [0.1, 0.15) is 0 Å². The monoisotopic (exact) mass is 506 g/mol. The smallest absolute Gasteiger partial charge is 0.270 e. The lowest BCUT2D eigenvalue weighted by molar-refractivity contribution is 0.0989. The molecule has 0 fully saturated rings. The molecule has 7 heteroatoms. The molecule has 2 heterocycles. The molecule has 0 N–H and O–H groups in total. The first-order chi connectivity index (χ1) is 12.6. The lowest BCUT2D eigenvalue weighted by Crippen LogP contribution is -2.29. The minimum Gasteiger partial charge on any atom is -0.279 e. The highest BCUT2D eigenvalue weighted by Gasteiger charge is 2.23. The number of carbonyl (C=O) groups excluding carboxylic acids is 1. The van der Waals surface area contributed by atoms with Gasteiger partial charge in [0, 0.05) is 4.47 Å². The zero-order chi connectivity index (χ0) is 18.1. The fraction of sp³-hybridized carbons (Fsp3) is 0.0526. The van der Waals surface area contributed by atoms with Crippen molar-refractivity contribution in [3.05, 3.63) is 79.4 Å². The fourth-order valence-electron chi connectivity index (χ4n) is 2.56. The van der Waals surface area contributed by atoms with E-state index in [1.54, 1.807) is 4.90 Å². The van der Waals surface area contributed by atoms with Crippen LogP contribution in [0.2, 0.25) is 0 Å². The summed E-state index contributed by atoms with van der Waals surface area (Å²) in [6.07, 6.45) is 0. The van der Waals surface area contributed by atoms with E-state index in [0.717, 1.165) is 24.0 Å². The highest BCUT2D eigenvalue weighted by molar-refractivity contribution is 9.11. The van der Waals surface area contributed by atoms with Crippen molar-refractivity contribution in [1.82, 2.24) is 4.98 Å². The number of aromatic nitrogens is 1. The Morgan fingerprint density at radius 3 is 2.54 bits per heavy atom. The van der Waals surface area contributed by atoms with Gasteiger partial charge in [-0.05, 0) is 51.8 Å². The van der Waals surface area contributed by atoms with Gasteiger partial charge < -0.3 is 0 Å². The average Bonchev–Trinajstić information content (AvgIpc) is 3.25. The Bertz CT molecular complexity index is 1080. The van der Waals surface area contributed by atoms with E-state index in [1.165, 1.54) is 22.7 Å². The molecule has 0 radical (unpaired) electrons. The van der Waals surface area contributed by atoms with Crippen molar-refractivity contribution in [1.29, 1.82) is 0 Å². The van der Waals surface area contributed by atoms with Crippen molar-refractivity contribution >= 4 is 75.8 Å². The highest BCUT2D eigenvalue weighted by atomic mass is 79.9. The van der Waals surface area contributed by atoms with E-state index in [9.17, 15) is 4.79 Å². The molecule has 2 aromatic heterocycles. The predicted octanol–water partition coefficient (Wildman–Crippen LogP) is 6.73. The Kier molecular flexibility index (Phi) is 5.22. The molecule has 26 heavy (non-hydrogen) atoms.